The van der Waals surface area contributed by atoms with Gasteiger partial charge in [-0.3, -0.25) is 9.69 Å². The molecule has 0 bridgehead atoms. The SMILES string of the molecule is CCCCN1C2c3c(C(C)C)cc(OC)c4c3[C@]3(CC)C(O4)C(=O)CCC3C21. The van der Waals surface area contributed by atoms with Gasteiger partial charge in [-0.15, -0.1) is 0 Å². The van der Waals surface area contributed by atoms with Gasteiger partial charge in [0.1, 0.15) is 0 Å². The van der Waals surface area contributed by atoms with Crippen molar-refractivity contribution in [2.75, 3.05) is 13.7 Å². The zero-order chi connectivity index (χ0) is 19.8. The Kier molecular flexibility index (Phi) is 4.11. The molecule has 0 aromatic heterocycles. The fourth-order valence-electron chi connectivity index (χ4n) is 6.79. The van der Waals surface area contributed by atoms with Gasteiger partial charge in [0.25, 0.3) is 0 Å². The number of hydrogen-bond acceptors (Lipinski definition) is 4. The number of ketones is 1. The van der Waals surface area contributed by atoms with Gasteiger partial charge in [-0.05, 0) is 54.8 Å². The lowest BCUT2D eigenvalue weighted by Crippen LogP contribution is -2.55. The normalized spacial score (nSPS) is 36.8. The average Bonchev–Trinajstić information content (AvgIpc) is 3.29. The molecule has 2 heterocycles. The van der Waals surface area contributed by atoms with E-state index in [1.54, 1.807) is 7.11 Å². The third-order valence-corrected chi connectivity index (χ3v) is 8.02. The van der Waals surface area contributed by atoms with Gasteiger partial charge in [0, 0.05) is 23.4 Å². The van der Waals surface area contributed by atoms with E-state index in [0.717, 1.165) is 24.3 Å². The highest BCUT2D eigenvalue weighted by Gasteiger charge is 2.71. The Morgan fingerprint density at radius 2 is 2.14 bits per heavy atom. The molecule has 2 aliphatic heterocycles. The molecule has 1 saturated heterocycles. The quantitative estimate of drug-likeness (QED) is 0.665. The van der Waals surface area contributed by atoms with Crippen LogP contribution in [0.4, 0.5) is 0 Å². The van der Waals surface area contributed by atoms with E-state index in [9.17, 15) is 4.79 Å². The molecular weight excluding hydrogens is 350 g/mol. The van der Waals surface area contributed by atoms with Crippen molar-refractivity contribution >= 4 is 5.78 Å². The lowest BCUT2D eigenvalue weighted by molar-refractivity contribution is -0.133. The van der Waals surface area contributed by atoms with Gasteiger partial charge in [-0.25, -0.2) is 0 Å². The number of rotatable bonds is 6. The number of methoxy groups -OCH3 is 1. The van der Waals surface area contributed by atoms with Crippen LogP contribution in [0.1, 0.15) is 88.4 Å². The van der Waals surface area contributed by atoms with Gasteiger partial charge in [0.2, 0.25) is 0 Å². The third-order valence-electron chi connectivity index (χ3n) is 8.02. The molecule has 4 heteroatoms. The van der Waals surface area contributed by atoms with Crippen molar-refractivity contribution in [2.24, 2.45) is 5.92 Å². The molecule has 0 N–H and O–H groups in total. The van der Waals surface area contributed by atoms with Crippen LogP contribution < -0.4 is 9.47 Å². The molecule has 1 aromatic carbocycles. The fourth-order valence-corrected chi connectivity index (χ4v) is 6.79. The number of nitrogens with zero attached hydrogens (tertiary/aromatic N) is 1. The molecule has 152 valence electrons. The molecule has 2 fully saturated rings. The summed E-state index contributed by atoms with van der Waals surface area (Å²) >= 11 is 0. The van der Waals surface area contributed by atoms with Crippen LogP contribution in [-0.2, 0) is 10.2 Å². The number of fused-ring (bicyclic) bond motifs is 3. The van der Waals surface area contributed by atoms with Crippen LogP contribution in [0.2, 0.25) is 0 Å². The van der Waals surface area contributed by atoms with E-state index in [-0.39, 0.29) is 17.3 Å². The Morgan fingerprint density at radius 3 is 2.79 bits per heavy atom. The van der Waals surface area contributed by atoms with Gasteiger partial charge in [0.15, 0.2) is 23.4 Å². The molecule has 0 radical (unpaired) electrons. The minimum Gasteiger partial charge on any atom is -0.493 e. The largest absolute Gasteiger partial charge is 0.493 e. The number of unbranched alkanes of at least 4 members (excludes halogenated alkanes) is 1. The maximum atomic E-state index is 13.0. The monoisotopic (exact) mass is 383 g/mol. The highest BCUT2D eigenvalue weighted by molar-refractivity contribution is 5.89. The van der Waals surface area contributed by atoms with Crippen LogP contribution in [-0.4, -0.2) is 36.5 Å². The van der Waals surface area contributed by atoms with Gasteiger partial charge < -0.3 is 9.47 Å². The molecule has 0 spiro atoms. The predicted molar refractivity (Wildman–Crippen MR) is 109 cm³/mol. The first kappa shape index (κ1) is 18.5. The Labute approximate surface area is 168 Å². The molecule has 4 aliphatic rings. The van der Waals surface area contributed by atoms with Crippen LogP contribution in [0.3, 0.4) is 0 Å². The number of Topliss-reactive ketones (excluding diaryl/α,β-unsaturated/α-hetero) is 1. The summed E-state index contributed by atoms with van der Waals surface area (Å²) in [6.07, 6.45) is 4.77. The third kappa shape index (κ3) is 2.08. The minimum atomic E-state index is -0.323. The van der Waals surface area contributed by atoms with Crippen LogP contribution in [0.15, 0.2) is 6.07 Å². The summed E-state index contributed by atoms with van der Waals surface area (Å²) in [4.78, 5) is 15.7. The smallest absolute Gasteiger partial charge is 0.174 e. The van der Waals surface area contributed by atoms with E-state index in [4.69, 9.17) is 9.47 Å². The summed E-state index contributed by atoms with van der Waals surface area (Å²) in [5.41, 5.74) is 4.03. The maximum absolute atomic E-state index is 13.0. The first-order valence-corrected chi connectivity index (χ1v) is 11.2. The second-order valence-corrected chi connectivity index (χ2v) is 9.47. The van der Waals surface area contributed by atoms with Crippen LogP contribution in [0, 0.1) is 5.92 Å². The number of carbonyl (C=O) groups excluding carboxylic acids is 1. The van der Waals surface area contributed by atoms with Crippen molar-refractivity contribution in [2.45, 2.75) is 89.3 Å². The van der Waals surface area contributed by atoms with Crippen LogP contribution in [0.5, 0.6) is 11.5 Å². The Bertz CT molecular complexity index is 832. The lowest BCUT2D eigenvalue weighted by Gasteiger charge is -2.46. The van der Waals surface area contributed by atoms with Crippen molar-refractivity contribution in [3.8, 4) is 11.5 Å². The van der Waals surface area contributed by atoms with Crippen LogP contribution in [0.25, 0.3) is 0 Å². The summed E-state index contributed by atoms with van der Waals surface area (Å²) in [5.74, 6) is 2.91. The fraction of sp³-hybridized carbons (Fsp3) is 0.708. The molecule has 6 atom stereocenters. The molecular formula is C24H33NO3. The highest BCUT2D eigenvalue weighted by Crippen LogP contribution is 2.70. The Morgan fingerprint density at radius 1 is 1.36 bits per heavy atom. The van der Waals surface area contributed by atoms with Gasteiger partial charge >= 0.3 is 0 Å². The average molecular weight is 384 g/mol. The topological polar surface area (TPSA) is 38.5 Å². The summed E-state index contributed by atoms with van der Waals surface area (Å²) < 4.78 is 12.2. The van der Waals surface area contributed by atoms with Gasteiger partial charge in [0.05, 0.1) is 13.2 Å². The van der Waals surface area contributed by atoms with Crippen molar-refractivity contribution in [1.29, 1.82) is 0 Å². The number of ether oxygens (including phenoxy) is 2. The standard InChI is InChI=1S/C24H33NO3/c1-6-8-11-25-20-15-9-10-16(26)23-24(15,7-2)19-18(21(20)25)14(13(3)4)12-17(27-5)22(19)28-23/h12-13,15,20-21,23H,6-11H2,1-5H3/t15?,20?,21?,23?,24-,25?/m1/s1. The molecule has 0 amide bonds. The van der Waals surface area contributed by atoms with Crippen molar-refractivity contribution < 1.29 is 14.3 Å². The van der Waals surface area contributed by atoms with E-state index in [1.807, 2.05) is 0 Å². The predicted octanol–water partition coefficient (Wildman–Crippen LogP) is 4.75. The molecule has 5 rings (SSSR count). The molecule has 1 saturated carbocycles. The maximum Gasteiger partial charge on any atom is 0.174 e. The molecule has 5 unspecified atom stereocenters. The molecule has 1 aromatic rings. The molecule has 2 aliphatic carbocycles. The number of benzene rings is 1. The summed E-state index contributed by atoms with van der Waals surface area (Å²) in [6, 6.07) is 3.27. The van der Waals surface area contributed by atoms with E-state index in [1.165, 1.54) is 36.1 Å². The van der Waals surface area contributed by atoms with E-state index in [0.29, 0.717) is 30.3 Å². The van der Waals surface area contributed by atoms with Crippen molar-refractivity contribution in [1.82, 2.24) is 4.90 Å². The molecule has 28 heavy (non-hydrogen) atoms. The van der Waals surface area contributed by atoms with E-state index in [2.05, 4.69) is 38.7 Å². The Hall–Kier alpha value is -1.55. The zero-order valence-corrected chi connectivity index (χ0v) is 17.9. The Balaban J connectivity index is 1.77. The number of hydrogen-bond donors (Lipinski definition) is 0. The minimum absolute atomic E-state index is 0.166. The molecule has 4 nitrogen and oxygen atoms in total. The second-order valence-electron chi connectivity index (χ2n) is 9.47. The summed E-state index contributed by atoms with van der Waals surface area (Å²) in [5, 5.41) is 0. The van der Waals surface area contributed by atoms with E-state index < -0.39 is 0 Å². The van der Waals surface area contributed by atoms with Gasteiger partial charge in [-0.1, -0.05) is 34.1 Å². The second kappa shape index (κ2) is 6.22. The summed E-state index contributed by atoms with van der Waals surface area (Å²) in [6.45, 7) is 10.2. The lowest BCUT2D eigenvalue weighted by atomic mass is 9.54. The van der Waals surface area contributed by atoms with Gasteiger partial charge in [-0.2, -0.15) is 0 Å². The van der Waals surface area contributed by atoms with Crippen molar-refractivity contribution in [3.63, 3.8) is 0 Å². The number of carbonyl (C=O) groups is 1. The van der Waals surface area contributed by atoms with E-state index >= 15 is 0 Å². The summed E-state index contributed by atoms with van der Waals surface area (Å²) in [7, 11) is 1.72. The first-order chi connectivity index (χ1) is 13.5. The first-order valence-electron chi connectivity index (χ1n) is 11.2. The highest BCUT2D eigenvalue weighted by atomic mass is 16.5. The zero-order valence-electron chi connectivity index (χ0n) is 17.9. The van der Waals surface area contributed by atoms with Crippen molar-refractivity contribution in [3.05, 3.63) is 22.8 Å². The van der Waals surface area contributed by atoms with Crippen LogP contribution >= 0.6 is 0 Å².